The van der Waals surface area contributed by atoms with Crippen molar-refractivity contribution < 1.29 is 9.66 Å². The fraction of sp³-hybridized carbons (Fsp3) is 0.0556. The van der Waals surface area contributed by atoms with Gasteiger partial charge in [-0.15, -0.1) is 0 Å². The van der Waals surface area contributed by atoms with E-state index in [2.05, 4.69) is 28.6 Å². The molecule has 120 valence electrons. The van der Waals surface area contributed by atoms with Crippen LogP contribution in [0.25, 0.3) is 11.6 Å². The average molecular weight is 385 g/mol. The Balaban J connectivity index is 2.35. The highest BCUT2D eigenvalue weighted by Gasteiger charge is 2.09. The number of nitrogens with zero attached hydrogens (tertiary/aromatic N) is 2. The number of halogens is 1. The average Bonchev–Trinajstić information content (AvgIpc) is 2.59. The molecule has 0 aliphatic rings. The van der Waals surface area contributed by atoms with Crippen molar-refractivity contribution in [2.24, 2.45) is 0 Å². The minimum atomic E-state index is -0.485. The Kier molecular flexibility index (Phi) is 5.88. The first-order valence-corrected chi connectivity index (χ1v) is 7.74. The molecule has 0 aromatic heterocycles. The second-order valence-corrected chi connectivity index (χ2v) is 5.62. The summed E-state index contributed by atoms with van der Waals surface area (Å²) in [6.45, 7) is 3.99. The molecular formula is C18H13BrN2O3. The maximum absolute atomic E-state index is 10.9. The molecule has 0 fully saturated rings. The van der Waals surface area contributed by atoms with Gasteiger partial charge < -0.3 is 4.74 Å². The summed E-state index contributed by atoms with van der Waals surface area (Å²) in [5.74, 6) is 0.668. The number of nitro benzene ring substituents is 1. The zero-order valence-corrected chi connectivity index (χ0v) is 14.2. The fourth-order valence-corrected chi connectivity index (χ4v) is 2.52. The normalized spacial score (nSPS) is 10.8. The predicted octanol–water partition coefficient (Wildman–Crippen LogP) is 4.99. The van der Waals surface area contributed by atoms with E-state index in [1.807, 2.05) is 6.07 Å². The SMILES string of the molecule is C=CCOc1ccc(/C=C(/C#N)c2cccc([N+](=O)[O-])c2)cc1Br. The van der Waals surface area contributed by atoms with Crippen LogP contribution in [-0.4, -0.2) is 11.5 Å². The second kappa shape index (κ2) is 8.09. The van der Waals surface area contributed by atoms with Crippen LogP contribution in [0.15, 0.2) is 59.6 Å². The Hall–Kier alpha value is -2.91. The Bertz CT molecular complexity index is 854. The van der Waals surface area contributed by atoms with Crippen molar-refractivity contribution in [2.45, 2.75) is 0 Å². The smallest absolute Gasteiger partial charge is 0.270 e. The van der Waals surface area contributed by atoms with Gasteiger partial charge in [0.1, 0.15) is 12.4 Å². The van der Waals surface area contributed by atoms with E-state index in [1.54, 1.807) is 36.4 Å². The van der Waals surface area contributed by atoms with Gasteiger partial charge in [0.05, 0.1) is 21.0 Å². The zero-order valence-electron chi connectivity index (χ0n) is 12.6. The van der Waals surface area contributed by atoms with E-state index in [-0.39, 0.29) is 5.69 Å². The van der Waals surface area contributed by atoms with E-state index in [0.717, 1.165) is 10.0 Å². The first-order valence-electron chi connectivity index (χ1n) is 6.95. The molecule has 0 unspecified atom stereocenters. The number of benzene rings is 2. The highest BCUT2D eigenvalue weighted by atomic mass is 79.9. The third-order valence-electron chi connectivity index (χ3n) is 3.11. The molecule has 0 aliphatic heterocycles. The van der Waals surface area contributed by atoms with Crippen molar-refractivity contribution in [1.82, 2.24) is 0 Å². The third-order valence-corrected chi connectivity index (χ3v) is 3.73. The first kappa shape index (κ1) is 17.4. The van der Waals surface area contributed by atoms with Crippen molar-refractivity contribution >= 4 is 33.3 Å². The number of ether oxygens (including phenoxy) is 1. The number of nitriles is 1. The largest absolute Gasteiger partial charge is 0.488 e. The quantitative estimate of drug-likeness (QED) is 0.231. The molecule has 6 heteroatoms. The Morgan fingerprint density at radius 3 is 2.79 bits per heavy atom. The number of allylic oxidation sites excluding steroid dienone is 1. The van der Waals surface area contributed by atoms with Crippen molar-refractivity contribution in [3.8, 4) is 11.8 Å². The number of hydrogen-bond donors (Lipinski definition) is 0. The molecular weight excluding hydrogens is 372 g/mol. The summed E-state index contributed by atoms with van der Waals surface area (Å²) in [6, 6.07) is 13.5. The summed E-state index contributed by atoms with van der Waals surface area (Å²) in [4.78, 5) is 10.4. The molecule has 2 aromatic rings. The second-order valence-electron chi connectivity index (χ2n) is 4.77. The van der Waals surface area contributed by atoms with Gasteiger partial charge in [-0.25, -0.2) is 0 Å². The molecule has 5 nitrogen and oxygen atoms in total. The van der Waals surface area contributed by atoms with Crippen LogP contribution in [0.4, 0.5) is 5.69 Å². The maximum atomic E-state index is 10.9. The molecule has 0 bridgehead atoms. The molecule has 0 radical (unpaired) electrons. The van der Waals surface area contributed by atoms with Gasteiger partial charge in [-0.3, -0.25) is 10.1 Å². The van der Waals surface area contributed by atoms with E-state index in [4.69, 9.17) is 4.74 Å². The van der Waals surface area contributed by atoms with Crippen LogP contribution in [0.3, 0.4) is 0 Å². The molecule has 0 aliphatic carbocycles. The van der Waals surface area contributed by atoms with E-state index in [1.165, 1.54) is 12.1 Å². The summed E-state index contributed by atoms with van der Waals surface area (Å²) in [5, 5.41) is 20.2. The Morgan fingerprint density at radius 2 is 2.17 bits per heavy atom. The predicted molar refractivity (Wildman–Crippen MR) is 96.4 cm³/mol. The van der Waals surface area contributed by atoms with Crippen molar-refractivity contribution in [2.75, 3.05) is 6.61 Å². The van der Waals surface area contributed by atoms with Crippen LogP contribution in [0, 0.1) is 21.4 Å². The number of non-ortho nitro benzene ring substituents is 1. The van der Waals surface area contributed by atoms with Gasteiger partial charge >= 0.3 is 0 Å². The van der Waals surface area contributed by atoms with Gasteiger partial charge in [0.2, 0.25) is 0 Å². The van der Waals surface area contributed by atoms with Crippen molar-refractivity contribution in [3.05, 3.63) is 80.8 Å². The molecule has 0 N–H and O–H groups in total. The fourth-order valence-electron chi connectivity index (χ4n) is 2.01. The molecule has 0 atom stereocenters. The summed E-state index contributed by atoms with van der Waals surface area (Å²) >= 11 is 3.42. The molecule has 0 heterocycles. The van der Waals surface area contributed by atoms with Gasteiger partial charge in [0.25, 0.3) is 5.69 Å². The minimum Gasteiger partial charge on any atom is -0.488 e. The van der Waals surface area contributed by atoms with Gasteiger partial charge in [0, 0.05) is 12.1 Å². The van der Waals surface area contributed by atoms with Gasteiger partial charge in [0.15, 0.2) is 0 Å². The lowest BCUT2D eigenvalue weighted by molar-refractivity contribution is -0.384. The maximum Gasteiger partial charge on any atom is 0.270 e. The lowest BCUT2D eigenvalue weighted by atomic mass is 10.0. The highest BCUT2D eigenvalue weighted by molar-refractivity contribution is 9.10. The summed E-state index contributed by atoms with van der Waals surface area (Å²) in [7, 11) is 0. The molecule has 0 saturated heterocycles. The molecule has 0 saturated carbocycles. The highest BCUT2D eigenvalue weighted by Crippen LogP contribution is 2.28. The summed E-state index contributed by atoms with van der Waals surface area (Å²) < 4.78 is 6.22. The standard InChI is InChI=1S/C18H13BrN2O3/c1-2-8-24-18-7-6-13(10-17(18)19)9-15(12-20)14-4-3-5-16(11-14)21(22)23/h2-7,9-11H,1,8H2/b15-9-. The van der Waals surface area contributed by atoms with Crippen LogP contribution in [-0.2, 0) is 0 Å². The van der Waals surface area contributed by atoms with Crippen LogP contribution in [0.1, 0.15) is 11.1 Å². The van der Waals surface area contributed by atoms with Crippen LogP contribution < -0.4 is 4.74 Å². The first-order chi connectivity index (χ1) is 11.5. The number of hydrogen-bond acceptors (Lipinski definition) is 4. The molecule has 2 rings (SSSR count). The number of rotatable bonds is 6. The zero-order chi connectivity index (χ0) is 17.5. The van der Waals surface area contributed by atoms with Gasteiger partial charge in [-0.1, -0.05) is 30.9 Å². The monoisotopic (exact) mass is 384 g/mol. The van der Waals surface area contributed by atoms with Crippen LogP contribution in [0.2, 0.25) is 0 Å². The van der Waals surface area contributed by atoms with E-state index < -0.39 is 4.92 Å². The van der Waals surface area contributed by atoms with E-state index in [9.17, 15) is 15.4 Å². The van der Waals surface area contributed by atoms with E-state index in [0.29, 0.717) is 23.5 Å². The lowest BCUT2D eigenvalue weighted by Crippen LogP contribution is -1.93. The van der Waals surface area contributed by atoms with E-state index >= 15 is 0 Å². The number of nitro groups is 1. The lowest BCUT2D eigenvalue weighted by Gasteiger charge is -2.07. The molecule has 24 heavy (non-hydrogen) atoms. The Morgan fingerprint density at radius 1 is 1.38 bits per heavy atom. The molecule has 0 spiro atoms. The third kappa shape index (κ3) is 4.31. The van der Waals surface area contributed by atoms with Crippen LogP contribution >= 0.6 is 15.9 Å². The van der Waals surface area contributed by atoms with Crippen LogP contribution in [0.5, 0.6) is 5.75 Å². The van der Waals surface area contributed by atoms with Gasteiger partial charge in [-0.2, -0.15) is 5.26 Å². The molecule has 0 amide bonds. The van der Waals surface area contributed by atoms with Crippen molar-refractivity contribution in [1.29, 1.82) is 5.26 Å². The topological polar surface area (TPSA) is 76.2 Å². The Labute approximate surface area is 147 Å². The minimum absolute atomic E-state index is 0.0528. The van der Waals surface area contributed by atoms with Crippen molar-refractivity contribution in [3.63, 3.8) is 0 Å². The van der Waals surface area contributed by atoms with Gasteiger partial charge in [-0.05, 0) is 45.3 Å². The molecule has 2 aromatic carbocycles. The summed E-state index contributed by atoms with van der Waals surface area (Å²) in [6.07, 6.45) is 3.32. The summed E-state index contributed by atoms with van der Waals surface area (Å²) in [5.41, 5.74) is 1.55.